The van der Waals surface area contributed by atoms with Gasteiger partial charge in [0.25, 0.3) is 0 Å². The van der Waals surface area contributed by atoms with E-state index in [0.29, 0.717) is 0 Å². The van der Waals surface area contributed by atoms with E-state index in [0.717, 1.165) is 11.3 Å². The van der Waals surface area contributed by atoms with Crippen LogP contribution in [-0.4, -0.2) is 10.9 Å². The number of hydrogen-bond donors (Lipinski definition) is 2. The lowest BCUT2D eigenvalue weighted by molar-refractivity contribution is 0.600. The van der Waals surface area contributed by atoms with Crippen molar-refractivity contribution >= 4 is 11.6 Å². The maximum atomic E-state index is 13.3. The van der Waals surface area contributed by atoms with Crippen molar-refractivity contribution in [1.29, 1.82) is 0 Å². The van der Waals surface area contributed by atoms with Crippen LogP contribution in [0.5, 0.6) is 0 Å². The number of halogens is 1. The molecule has 0 saturated heterocycles. The number of aromatic nitrogens is 1. The Morgan fingerprint density at radius 2 is 2.05 bits per heavy atom. The quantitative estimate of drug-likeness (QED) is 0.656. The predicted molar refractivity (Wildman–Crippen MR) is 74.3 cm³/mol. The van der Waals surface area contributed by atoms with Crippen LogP contribution in [0, 0.1) is 12.7 Å². The number of nitrogens with two attached hydrogens (primary N) is 1. The van der Waals surface area contributed by atoms with Gasteiger partial charge in [0.05, 0.1) is 12.2 Å². The smallest absolute Gasteiger partial charge is 0.193 e. The Morgan fingerprint density at radius 1 is 1.32 bits per heavy atom. The zero-order chi connectivity index (χ0) is 13.7. The molecule has 0 aliphatic rings. The number of anilines is 1. The topological polar surface area (TPSA) is 63.3 Å². The van der Waals surface area contributed by atoms with E-state index >= 15 is 0 Å². The van der Waals surface area contributed by atoms with Crippen LogP contribution in [-0.2, 0) is 6.54 Å². The Labute approximate surface area is 111 Å². The lowest BCUT2D eigenvalue weighted by Crippen LogP contribution is -2.22. The summed E-state index contributed by atoms with van der Waals surface area (Å²) in [4.78, 5) is 7.96. The number of rotatable bonds is 3. The molecule has 3 N–H and O–H groups in total. The summed E-state index contributed by atoms with van der Waals surface area (Å²) >= 11 is 0. The monoisotopic (exact) mass is 258 g/mol. The van der Waals surface area contributed by atoms with Gasteiger partial charge >= 0.3 is 0 Å². The molecule has 0 aliphatic carbocycles. The zero-order valence-corrected chi connectivity index (χ0v) is 10.6. The van der Waals surface area contributed by atoms with Crippen LogP contribution >= 0.6 is 0 Å². The Balaban J connectivity index is 2.00. The summed E-state index contributed by atoms with van der Waals surface area (Å²) in [6.07, 6.45) is 1.53. The highest BCUT2D eigenvalue weighted by Crippen LogP contribution is 2.08. The second-order valence-corrected chi connectivity index (χ2v) is 4.12. The van der Waals surface area contributed by atoms with E-state index in [1.165, 1.54) is 18.3 Å². The van der Waals surface area contributed by atoms with Crippen LogP contribution in [0.4, 0.5) is 10.1 Å². The molecule has 2 rings (SSSR count). The second-order valence-electron chi connectivity index (χ2n) is 4.12. The van der Waals surface area contributed by atoms with E-state index in [9.17, 15) is 4.39 Å². The number of hydrogen-bond acceptors (Lipinski definition) is 2. The van der Waals surface area contributed by atoms with E-state index in [4.69, 9.17) is 5.73 Å². The molecule has 0 bridgehead atoms. The van der Waals surface area contributed by atoms with Gasteiger partial charge in [-0.05, 0) is 31.2 Å². The highest BCUT2D eigenvalue weighted by atomic mass is 19.1. The van der Waals surface area contributed by atoms with Crippen molar-refractivity contribution in [2.45, 2.75) is 13.5 Å². The van der Waals surface area contributed by atoms with Gasteiger partial charge in [0.15, 0.2) is 5.96 Å². The van der Waals surface area contributed by atoms with Gasteiger partial charge in [-0.25, -0.2) is 9.38 Å². The number of nitrogens with one attached hydrogen (secondary N) is 1. The molecule has 0 unspecified atom stereocenters. The first-order valence-electron chi connectivity index (χ1n) is 5.88. The van der Waals surface area contributed by atoms with Gasteiger partial charge in [0.2, 0.25) is 0 Å². The standard InChI is InChI=1S/C14H15FN4/c1-10-4-6-11(7-5-10)19-14(16)18-9-13-12(15)3-2-8-17-13/h2-8H,9H2,1H3,(H3,16,18,19). The van der Waals surface area contributed by atoms with Crippen LogP contribution in [0.25, 0.3) is 0 Å². The molecule has 0 atom stereocenters. The van der Waals surface area contributed by atoms with E-state index in [2.05, 4.69) is 15.3 Å². The van der Waals surface area contributed by atoms with Crippen LogP contribution in [0.2, 0.25) is 0 Å². The predicted octanol–water partition coefficient (Wildman–Crippen LogP) is 2.46. The molecule has 5 heteroatoms. The third-order valence-electron chi connectivity index (χ3n) is 2.56. The third-order valence-corrected chi connectivity index (χ3v) is 2.56. The fourth-order valence-corrected chi connectivity index (χ4v) is 1.52. The average molecular weight is 258 g/mol. The molecule has 4 nitrogen and oxygen atoms in total. The van der Waals surface area contributed by atoms with Gasteiger partial charge in [-0.2, -0.15) is 0 Å². The number of nitrogens with zero attached hydrogens (tertiary/aromatic N) is 2. The van der Waals surface area contributed by atoms with Crippen molar-refractivity contribution in [1.82, 2.24) is 4.98 Å². The number of guanidine groups is 1. The molecular weight excluding hydrogens is 243 g/mol. The minimum atomic E-state index is -0.380. The molecule has 0 radical (unpaired) electrons. The Kier molecular flexibility index (Phi) is 4.07. The second kappa shape index (κ2) is 5.95. The molecule has 0 fully saturated rings. The minimum Gasteiger partial charge on any atom is -0.370 e. The Morgan fingerprint density at radius 3 is 2.74 bits per heavy atom. The third kappa shape index (κ3) is 3.77. The first-order chi connectivity index (χ1) is 9.15. The van der Waals surface area contributed by atoms with Crippen molar-refractivity contribution in [2.24, 2.45) is 10.7 Å². The summed E-state index contributed by atoms with van der Waals surface area (Å²) in [6.45, 7) is 2.11. The lowest BCUT2D eigenvalue weighted by atomic mass is 10.2. The number of pyridine rings is 1. The highest BCUT2D eigenvalue weighted by molar-refractivity contribution is 5.92. The SMILES string of the molecule is Cc1ccc(NC(N)=NCc2ncccc2F)cc1. The normalized spacial score (nSPS) is 11.4. The van der Waals surface area contributed by atoms with E-state index < -0.39 is 0 Å². The van der Waals surface area contributed by atoms with Crippen LogP contribution in [0.3, 0.4) is 0 Å². The number of benzene rings is 1. The molecule has 1 aromatic carbocycles. The summed E-state index contributed by atoms with van der Waals surface area (Å²) < 4.78 is 13.3. The summed E-state index contributed by atoms with van der Waals surface area (Å²) in [7, 11) is 0. The molecule has 0 saturated carbocycles. The van der Waals surface area contributed by atoms with Crippen LogP contribution in [0.15, 0.2) is 47.6 Å². The first-order valence-corrected chi connectivity index (χ1v) is 5.88. The zero-order valence-electron chi connectivity index (χ0n) is 10.6. The average Bonchev–Trinajstić information content (AvgIpc) is 2.40. The molecule has 0 amide bonds. The van der Waals surface area contributed by atoms with Crippen LogP contribution in [0.1, 0.15) is 11.3 Å². The van der Waals surface area contributed by atoms with Crippen LogP contribution < -0.4 is 11.1 Å². The van der Waals surface area contributed by atoms with Crippen molar-refractivity contribution in [3.8, 4) is 0 Å². The molecule has 2 aromatic rings. The molecule has 1 heterocycles. The Hall–Kier alpha value is -2.43. The summed E-state index contributed by atoms with van der Waals surface area (Å²) in [5.41, 5.74) is 8.01. The number of aryl methyl sites for hydroxylation is 1. The Bertz CT molecular complexity index is 578. The van der Waals surface area contributed by atoms with Gasteiger partial charge < -0.3 is 11.1 Å². The molecule has 1 aromatic heterocycles. The van der Waals surface area contributed by atoms with Crippen molar-refractivity contribution in [3.05, 3.63) is 59.7 Å². The maximum Gasteiger partial charge on any atom is 0.193 e. The highest BCUT2D eigenvalue weighted by Gasteiger charge is 2.01. The summed E-state index contributed by atoms with van der Waals surface area (Å²) in [5, 5.41) is 2.94. The van der Waals surface area contributed by atoms with Crippen molar-refractivity contribution in [3.63, 3.8) is 0 Å². The van der Waals surface area contributed by atoms with Crippen molar-refractivity contribution in [2.75, 3.05) is 5.32 Å². The maximum absolute atomic E-state index is 13.3. The van der Waals surface area contributed by atoms with E-state index in [1.807, 2.05) is 31.2 Å². The van der Waals surface area contributed by atoms with Gasteiger partial charge in [-0.1, -0.05) is 17.7 Å². The molecule has 19 heavy (non-hydrogen) atoms. The lowest BCUT2D eigenvalue weighted by Gasteiger charge is -2.06. The molecular formula is C14H15FN4. The molecule has 0 aliphatic heterocycles. The molecule has 98 valence electrons. The first kappa shape index (κ1) is 13.0. The fraction of sp³-hybridized carbons (Fsp3) is 0.143. The van der Waals surface area contributed by atoms with Gasteiger partial charge in [-0.3, -0.25) is 4.98 Å². The van der Waals surface area contributed by atoms with E-state index in [1.54, 1.807) is 0 Å². The van der Waals surface area contributed by atoms with Crippen molar-refractivity contribution < 1.29 is 4.39 Å². The van der Waals surface area contributed by atoms with E-state index in [-0.39, 0.29) is 24.0 Å². The fourth-order valence-electron chi connectivity index (χ4n) is 1.52. The summed E-state index contributed by atoms with van der Waals surface area (Å²) in [5.74, 6) is -0.150. The minimum absolute atomic E-state index is 0.109. The van der Waals surface area contributed by atoms with Gasteiger partial charge in [0, 0.05) is 11.9 Å². The number of aliphatic imine (C=N–C) groups is 1. The van der Waals surface area contributed by atoms with Gasteiger partial charge in [0.1, 0.15) is 5.82 Å². The molecule has 0 spiro atoms. The largest absolute Gasteiger partial charge is 0.370 e. The summed E-state index contributed by atoms with van der Waals surface area (Å²) in [6, 6.07) is 10.6. The van der Waals surface area contributed by atoms with Gasteiger partial charge in [-0.15, -0.1) is 0 Å².